The van der Waals surface area contributed by atoms with Crippen LogP contribution < -0.4 is 10.1 Å². The highest BCUT2D eigenvalue weighted by molar-refractivity contribution is 6.35. The number of rotatable bonds is 11. The van der Waals surface area contributed by atoms with Gasteiger partial charge in [-0.3, -0.25) is 4.68 Å². The molecule has 3 heterocycles. The summed E-state index contributed by atoms with van der Waals surface area (Å²) in [6, 6.07) is 13.9. The van der Waals surface area contributed by atoms with Crippen molar-refractivity contribution in [3.8, 4) is 16.9 Å². The van der Waals surface area contributed by atoms with Crippen molar-refractivity contribution in [2.75, 3.05) is 26.3 Å². The monoisotopic (exact) mass is 734 g/mol. The van der Waals surface area contributed by atoms with Gasteiger partial charge in [0.15, 0.2) is 0 Å². The van der Waals surface area contributed by atoms with Gasteiger partial charge in [0, 0.05) is 54.2 Å². The minimum absolute atomic E-state index is 0.251. The van der Waals surface area contributed by atoms with Crippen molar-refractivity contribution in [3.63, 3.8) is 0 Å². The molecule has 11 heteroatoms. The summed E-state index contributed by atoms with van der Waals surface area (Å²) in [4.78, 5) is 13.0. The molecule has 0 saturated carbocycles. The van der Waals surface area contributed by atoms with Gasteiger partial charge < -0.3 is 29.6 Å². The topological polar surface area (TPSA) is 111 Å². The minimum Gasteiger partial charge on any atom is -0.493 e. The Labute approximate surface area is 310 Å². The Kier molecular flexibility index (Phi) is 13.0. The summed E-state index contributed by atoms with van der Waals surface area (Å²) in [5.41, 5.74) is 3.97. The number of carboxylic acids is 1. The number of nitrogens with one attached hydrogen (secondary N) is 1. The number of halogens is 2. The van der Waals surface area contributed by atoms with Crippen molar-refractivity contribution in [1.29, 1.82) is 0 Å². The fraction of sp³-hybridized carbons (Fsp3) is 0.463. The van der Waals surface area contributed by atoms with Gasteiger partial charge in [-0.05, 0) is 100 Å². The summed E-state index contributed by atoms with van der Waals surface area (Å²) in [6.07, 6.45) is 2.96. The van der Waals surface area contributed by atoms with Crippen molar-refractivity contribution in [1.82, 2.24) is 19.7 Å². The molecule has 3 N–H and O–H groups in total. The first-order chi connectivity index (χ1) is 24.9. The lowest BCUT2D eigenvalue weighted by molar-refractivity contribution is -0.0249. The van der Waals surface area contributed by atoms with Gasteiger partial charge in [0.1, 0.15) is 23.4 Å². The molecule has 280 valence electrons. The normalized spacial score (nSPS) is 14.8. The largest absolute Gasteiger partial charge is 0.493 e. The molecule has 3 aromatic carbocycles. The molecule has 1 unspecified atom stereocenters. The number of benzene rings is 3. The minimum atomic E-state index is -1.00. The number of carboxylic acid groups (broad SMARTS) is 1. The van der Waals surface area contributed by atoms with E-state index in [0.29, 0.717) is 74.7 Å². The van der Waals surface area contributed by atoms with Gasteiger partial charge in [0.2, 0.25) is 0 Å². The summed E-state index contributed by atoms with van der Waals surface area (Å²) in [5, 5.41) is 32.5. The number of hydrogen-bond acceptors (Lipinski definition) is 6. The molecular formula is C41H52ClFN4O5. The molecule has 2 aromatic heterocycles. The maximum Gasteiger partial charge on any atom is 0.352 e. The Balaban J connectivity index is 0.000000979. The maximum atomic E-state index is 13.8. The summed E-state index contributed by atoms with van der Waals surface area (Å²) in [6.45, 7) is 13.2. The lowest BCUT2D eigenvalue weighted by Crippen LogP contribution is -2.24. The molecule has 0 radical (unpaired) electrons. The van der Waals surface area contributed by atoms with Gasteiger partial charge in [0.25, 0.3) is 0 Å². The number of aromatic carboxylic acids is 1. The van der Waals surface area contributed by atoms with E-state index in [1.165, 1.54) is 12.1 Å². The van der Waals surface area contributed by atoms with E-state index >= 15 is 0 Å². The standard InChI is InChI=1S/C37H41ClFN3O5.C4H11N/c1-5-28-32-31-27(38)16-15-26-25(11-9-19-46-29-12-8-10-22-20-23(39)13-14-24(22)29)35(36(43)44)42(34(26)31)17-6-7-18-47-30(21-37(2,3)45)33(32)40-41(28)4;1-3-5-4-2/h8,10,12-16,20,30,45H,5-7,9,11,17-19,21H2,1-4H3,(H,43,44);5H,3-4H2,1-2H3. The third-order valence-corrected chi connectivity index (χ3v) is 9.79. The second-order valence-corrected chi connectivity index (χ2v) is 14.3. The Bertz CT molecular complexity index is 2010. The molecule has 0 spiro atoms. The second kappa shape index (κ2) is 17.2. The van der Waals surface area contributed by atoms with E-state index in [0.717, 1.165) is 57.1 Å². The van der Waals surface area contributed by atoms with Crippen LogP contribution in [-0.4, -0.2) is 62.4 Å². The number of carbonyl (C=O) groups is 1. The van der Waals surface area contributed by atoms with Gasteiger partial charge >= 0.3 is 5.97 Å². The molecule has 1 aliphatic heterocycles. The smallest absolute Gasteiger partial charge is 0.352 e. The predicted octanol–water partition coefficient (Wildman–Crippen LogP) is 8.89. The van der Waals surface area contributed by atoms with E-state index in [1.54, 1.807) is 19.9 Å². The third-order valence-electron chi connectivity index (χ3n) is 9.47. The average Bonchev–Trinajstić information content (AvgIpc) is 3.58. The Morgan fingerprint density at radius 1 is 1.10 bits per heavy atom. The lowest BCUT2D eigenvalue weighted by Gasteiger charge is -2.25. The van der Waals surface area contributed by atoms with Crippen LogP contribution in [0.3, 0.4) is 0 Å². The predicted molar refractivity (Wildman–Crippen MR) is 206 cm³/mol. The van der Waals surface area contributed by atoms with Gasteiger partial charge in [0.05, 0.1) is 28.4 Å². The molecule has 0 saturated heterocycles. The number of hydrogen-bond donors (Lipinski definition) is 3. The van der Waals surface area contributed by atoms with E-state index in [4.69, 9.17) is 26.2 Å². The van der Waals surface area contributed by atoms with Gasteiger partial charge in [-0.2, -0.15) is 5.10 Å². The highest BCUT2D eigenvalue weighted by Gasteiger charge is 2.33. The van der Waals surface area contributed by atoms with E-state index < -0.39 is 17.7 Å². The van der Waals surface area contributed by atoms with Crippen LogP contribution in [0.15, 0.2) is 48.5 Å². The third kappa shape index (κ3) is 8.63. The molecular weight excluding hydrogens is 683 g/mol. The number of aromatic nitrogens is 3. The van der Waals surface area contributed by atoms with Crippen molar-refractivity contribution < 1.29 is 28.9 Å². The number of nitrogens with zero attached hydrogens (tertiary/aromatic N) is 3. The van der Waals surface area contributed by atoms with Crippen LogP contribution in [0.2, 0.25) is 5.02 Å². The second-order valence-electron chi connectivity index (χ2n) is 13.9. The highest BCUT2D eigenvalue weighted by atomic mass is 35.5. The molecule has 9 nitrogen and oxygen atoms in total. The SMILES string of the molecule is CCNCC.CCc1c2c(nn1C)C(CC(C)(C)O)OCCCCn1c(C(=O)O)c(CCCOc3cccc4cc(F)ccc34)c3ccc(Cl)c-2c31. The summed E-state index contributed by atoms with van der Waals surface area (Å²) < 4.78 is 30.1. The zero-order chi connectivity index (χ0) is 37.6. The van der Waals surface area contributed by atoms with Crippen LogP contribution in [0, 0.1) is 5.82 Å². The van der Waals surface area contributed by atoms with Crippen molar-refractivity contribution >= 4 is 39.2 Å². The highest BCUT2D eigenvalue weighted by Crippen LogP contribution is 2.45. The van der Waals surface area contributed by atoms with Crippen molar-refractivity contribution in [2.24, 2.45) is 7.05 Å². The van der Waals surface area contributed by atoms with Gasteiger partial charge in [-0.15, -0.1) is 0 Å². The van der Waals surface area contributed by atoms with Crippen LogP contribution in [0.1, 0.15) is 93.8 Å². The number of fused-ring (bicyclic) bond motifs is 3. The van der Waals surface area contributed by atoms with Crippen LogP contribution in [-0.2, 0) is 31.2 Å². The molecule has 1 atom stereocenters. The van der Waals surface area contributed by atoms with Crippen LogP contribution in [0.4, 0.5) is 4.39 Å². The molecule has 6 rings (SSSR count). The Morgan fingerprint density at radius 2 is 1.85 bits per heavy atom. The quantitative estimate of drug-likeness (QED) is 0.116. The summed E-state index contributed by atoms with van der Waals surface area (Å²) >= 11 is 7.08. The molecule has 0 aliphatic carbocycles. The van der Waals surface area contributed by atoms with Crippen molar-refractivity contribution in [3.05, 3.63) is 82.0 Å². The van der Waals surface area contributed by atoms with E-state index in [-0.39, 0.29) is 11.5 Å². The average molecular weight is 735 g/mol. The van der Waals surface area contributed by atoms with Crippen LogP contribution in [0.25, 0.3) is 32.8 Å². The maximum absolute atomic E-state index is 13.8. The van der Waals surface area contributed by atoms with E-state index in [2.05, 4.69) is 26.1 Å². The van der Waals surface area contributed by atoms with Gasteiger partial charge in [-0.1, -0.05) is 50.6 Å². The molecule has 5 aromatic rings. The first-order valence-electron chi connectivity index (χ1n) is 18.4. The fourth-order valence-corrected chi connectivity index (χ4v) is 7.50. The zero-order valence-corrected chi connectivity index (χ0v) is 31.9. The number of aliphatic hydroxyl groups is 1. The van der Waals surface area contributed by atoms with E-state index in [9.17, 15) is 19.4 Å². The molecule has 0 bridgehead atoms. The van der Waals surface area contributed by atoms with Crippen LogP contribution >= 0.6 is 11.6 Å². The van der Waals surface area contributed by atoms with E-state index in [1.807, 2.05) is 46.6 Å². The molecule has 0 fully saturated rings. The number of ether oxygens (including phenoxy) is 2. The Morgan fingerprint density at radius 3 is 2.52 bits per heavy atom. The fourth-order valence-electron chi connectivity index (χ4n) is 7.25. The first-order valence-corrected chi connectivity index (χ1v) is 18.8. The number of aryl methyl sites for hydroxylation is 3. The lowest BCUT2D eigenvalue weighted by atomic mass is 9.92. The molecule has 52 heavy (non-hydrogen) atoms. The summed E-state index contributed by atoms with van der Waals surface area (Å²) in [7, 11) is 1.90. The molecule has 1 aliphatic rings. The summed E-state index contributed by atoms with van der Waals surface area (Å²) in [5.74, 6) is -0.642. The Hall–Kier alpha value is -3.96. The molecule has 0 amide bonds. The van der Waals surface area contributed by atoms with Crippen molar-refractivity contribution in [2.45, 2.75) is 91.4 Å². The first kappa shape index (κ1) is 39.3. The zero-order valence-electron chi connectivity index (χ0n) is 31.2. The van der Waals surface area contributed by atoms with Crippen LogP contribution in [0.5, 0.6) is 5.75 Å². The van der Waals surface area contributed by atoms with Gasteiger partial charge in [-0.25, -0.2) is 9.18 Å².